The molecular weight excluding hydrogens is 371 g/mol. The summed E-state index contributed by atoms with van der Waals surface area (Å²) in [5.74, 6) is 0. The van der Waals surface area contributed by atoms with Gasteiger partial charge in [0.2, 0.25) is 0 Å². The van der Waals surface area contributed by atoms with Crippen molar-refractivity contribution in [2.24, 2.45) is 0 Å². The third-order valence-electron chi connectivity index (χ3n) is 3.29. The number of rotatable bonds is 9. The number of hydrogen-bond donors (Lipinski definition) is 1. The average molecular weight is 396 g/mol. The standard InChI is InChI=1S/C16H27F2O4P.2Na/c1-12(2)7-5-8-13(3)9-6-10-14(4)11-15(19)16(17,18)23(20,21)22;;/h7,9,11,15,19H,5-6,8,10H2,1-4H3,(H2,20,21,22);;/q;2*+1/p-2. The number of hydrogen-bond acceptors (Lipinski definition) is 4. The molecule has 0 aliphatic rings. The van der Waals surface area contributed by atoms with Gasteiger partial charge in [-0.15, -0.1) is 0 Å². The average Bonchev–Trinajstić information content (AvgIpc) is 2.36. The smallest absolute Gasteiger partial charge is 0.806 e. The first-order chi connectivity index (χ1) is 10.4. The second kappa shape index (κ2) is 14.2. The van der Waals surface area contributed by atoms with Gasteiger partial charge in [-0.05, 0) is 53.4 Å². The number of halogens is 2. The van der Waals surface area contributed by atoms with Crippen LogP contribution >= 0.6 is 7.60 Å². The fraction of sp³-hybridized carbons (Fsp3) is 0.625. The topological polar surface area (TPSA) is 83.4 Å². The number of aliphatic hydroxyl groups is 1. The van der Waals surface area contributed by atoms with Crippen LogP contribution in [0, 0.1) is 0 Å². The fourth-order valence-corrected chi connectivity index (χ4v) is 2.25. The molecule has 0 aromatic heterocycles. The summed E-state index contributed by atoms with van der Waals surface area (Å²) in [4.78, 5) is 20.9. The summed E-state index contributed by atoms with van der Waals surface area (Å²) < 4.78 is 36.7. The van der Waals surface area contributed by atoms with Crippen LogP contribution in [0.4, 0.5) is 8.78 Å². The maximum Gasteiger partial charge on any atom is 1.00 e. The van der Waals surface area contributed by atoms with Crippen molar-refractivity contribution in [2.45, 2.75) is 65.1 Å². The van der Waals surface area contributed by atoms with Crippen molar-refractivity contribution in [3.63, 3.8) is 0 Å². The zero-order valence-corrected chi connectivity index (χ0v) is 20.9. The van der Waals surface area contributed by atoms with E-state index < -0.39 is 19.4 Å². The minimum atomic E-state index is -6.19. The van der Waals surface area contributed by atoms with Crippen molar-refractivity contribution >= 4 is 7.60 Å². The summed E-state index contributed by atoms with van der Waals surface area (Å²) in [5, 5.41) is 9.24. The number of alkyl halides is 2. The molecule has 1 atom stereocenters. The van der Waals surface area contributed by atoms with Crippen molar-refractivity contribution in [1.82, 2.24) is 0 Å². The van der Waals surface area contributed by atoms with E-state index in [1.165, 1.54) is 18.1 Å². The molecule has 0 aromatic rings. The SMILES string of the molecule is CC(C)=CCCC(C)=CCCC(C)=CC(O)C(F)(F)P(=O)([O-])[O-].[Na+].[Na+]. The molecule has 9 heteroatoms. The first kappa shape index (κ1) is 30.9. The molecule has 1 unspecified atom stereocenters. The van der Waals surface area contributed by atoms with Gasteiger partial charge in [-0.2, -0.15) is 8.78 Å². The molecule has 0 saturated carbocycles. The minimum Gasteiger partial charge on any atom is -0.806 e. The molecule has 4 nitrogen and oxygen atoms in total. The Hall–Kier alpha value is 1.19. The van der Waals surface area contributed by atoms with Crippen molar-refractivity contribution < 1.29 is 87.4 Å². The molecule has 0 amide bonds. The second-order valence-electron chi connectivity index (χ2n) is 5.95. The number of allylic oxidation sites excluding steroid dienone is 5. The van der Waals surface area contributed by atoms with Crippen molar-refractivity contribution in [1.29, 1.82) is 0 Å². The van der Waals surface area contributed by atoms with E-state index in [9.17, 15) is 28.2 Å². The molecule has 25 heavy (non-hydrogen) atoms. The van der Waals surface area contributed by atoms with Crippen molar-refractivity contribution in [3.8, 4) is 0 Å². The Labute approximate surface area is 193 Å². The monoisotopic (exact) mass is 396 g/mol. The molecule has 0 saturated heterocycles. The van der Waals surface area contributed by atoms with E-state index in [2.05, 4.69) is 6.08 Å². The van der Waals surface area contributed by atoms with E-state index in [-0.39, 0.29) is 59.1 Å². The quantitative estimate of drug-likeness (QED) is 0.261. The summed E-state index contributed by atoms with van der Waals surface area (Å²) in [6, 6.07) is 0. The van der Waals surface area contributed by atoms with Gasteiger partial charge in [0.25, 0.3) is 0 Å². The molecule has 0 aromatic carbocycles. The molecule has 0 rings (SSSR count). The molecule has 0 radical (unpaired) electrons. The van der Waals surface area contributed by atoms with Crippen LogP contribution in [0.25, 0.3) is 0 Å². The molecule has 0 spiro atoms. The Morgan fingerprint density at radius 3 is 1.92 bits per heavy atom. The van der Waals surface area contributed by atoms with Gasteiger partial charge in [0, 0.05) is 7.60 Å². The third kappa shape index (κ3) is 13.1. The molecule has 0 fully saturated rings. The molecule has 1 N–H and O–H groups in total. The fourth-order valence-electron chi connectivity index (χ4n) is 1.85. The normalized spacial score (nSPS) is 14.3. The van der Waals surface area contributed by atoms with E-state index in [1.807, 2.05) is 26.8 Å². The van der Waals surface area contributed by atoms with Crippen LogP contribution in [0.5, 0.6) is 0 Å². The zero-order chi connectivity index (χ0) is 18.3. The summed E-state index contributed by atoms with van der Waals surface area (Å²) in [6.07, 6.45) is 5.05. The van der Waals surface area contributed by atoms with Crippen LogP contribution in [-0.4, -0.2) is 16.9 Å². The van der Waals surface area contributed by atoms with Crippen LogP contribution in [0.3, 0.4) is 0 Å². The van der Waals surface area contributed by atoms with Crippen LogP contribution < -0.4 is 68.9 Å². The van der Waals surface area contributed by atoms with Gasteiger partial charge >= 0.3 is 64.8 Å². The van der Waals surface area contributed by atoms with Gasteiger partial charge in [0.15, 0.2) is 0 Å². The molecule has 0 bridgehead atoms. The first-order valence-electron chi connectivity index (χ1n) is 7.42. The van der Waals surface area contributed by atoms with Crippen LogP contribution in [-0.2, 0) is 4.57 Å². The van der Waals surface area contributed by atoms with Gasteiger partial charge in [-0.3, -0.25) is 0 Å². The van der Waals surface area contributed by atoms with Crippen molar-refractivity contribution in [2.75, 3.05) is 0 Å². The minimum absolute atomic E-state index is 0. The van der Waals surface area contributed by atoms with E-state index >= 15 is 0 Å². The summed E-state index contributed by atoms with van der Waals surface area (Å²) in [6.45, 7) is 7.53. The Bertz CT molecular complexity index is 524. The first-order valence-corrected chi connectivity index (χ1v) is 8.96. The summed E-state index contributed by atoms with van der Waals surface area (Å²) in [7, 11) is -6.19. The van der Waals surface area contributed by atoms with E-state index in [1.54, 1.807) is 0 Å². The van der Waals surface area contributed by atoms with E-state index in [0.717, 1.165) is 18.9 Å². The third-order valence-corrected chi connectivity index (χ3v) is 4.28. The Balaban J connectivity index is -0.00000242. The molecule has 0 aliphatic carbocycles. The summed E-state index contributed by atoms with van der Waals surface area (Å²) in [5.41, 5.74) is -1.87. The molecule has 0 heterocycles. The summed E-state index contributed by atoms with van der Waals surface area (Å²) >= 11 is 0. The van der Waals surface area contributed by atoms with Crippen LogP contribution in [0.2, 0.25) is 0 Å². The van der Waals surface area contributed by atoms with Gasteiger partial charge in [0.1, 0.15) is 6.10 Å². The predicted molar refractivity (Wildman–Crippen MR) is 84.0 cm³/mol. The largest absolute Gasteiger partial charge is 1.00 e. The number of aliphatic hydroxyl groups excluding tert-OH is 1. The van der Waals surface area contributed by atoms with Crippen molar-refractivity contribution in [3.05, 3.63) is 34.9 Å². The molecule has 134 valence electrons. The Morgan fingerprint density at radius 1 is 1.04 bits per heavy atom. The van der Waals surface area contributed by atoms with Gasteiger partial charge in [-0.1, -0.05) is 34.9 Å². The zero-order valence-electron chi connectivity index (χ0n) is 16.0. The van der Waals surface area contributed by atoms with E-state index in [4.69, 9.17) is 0 Å². The molecule has 0 aliphatic heterocycles. The second-order valence-corrected chi connectivity index (χ2v) is 7.54. The van der Waals surface area contributed by atoms with Gasteiger partial charge < -0.3 is 19.5 Å². The van der Waals surface area contributed by atoms with Gasteiger partial charge in [-0.25, -0.2) is 0 Å². The Kier molecular flexibility index (Phi) is 17.6. The van der Waals surface area contributed by atoms with E-state index in [0.29, 0.717) is 18.4 Å². The molecular formula is C16H25F2Na2O4P. The Morgan fingerprint density at radius 2 is 1.48 bits per heavy atom. The van der Waals surface area contributed by atoms with Crippen LogP contribution in [0.1, 0.15) is 53.4 Å². The maximum absolute atomic E-state index is 13.1. The van der Waals surface area contributed by atoms with Crippen LogP contribution in [0.15, 0.2) is 34.9 Å². The van der Waals surface area contributed by atoms with Gasteiger partial charge in [0.05, 0.1) is 0 Å². The predicted octanol–water partition coefficient (Wildman–Crippen LogP) is -2.72. The maximum atomic E-state index is 13.1.